The van der Waals surface area contributed by atoms with Gasteiger partial charge in [-0.3, -0.25) is 19.3 Å². The van der Waals surface area contributed by atoms with Crippen LogP contribution in [0.4, 0.5) is 0 Å². The van der Waals surface area contributed by atoms with Crippen LogP contribution in [-0.2, 0) is 25.5 Å². The van der Waals surface area contributed by atoms with Gasteiger partial charge in [-0.1, -0.05) is 48.0 Å². The number of hydrogen-bond donors (Lipinski definition) is 1. The molecule has 186 valence electrons. The quantitative estimate of drug-likeness (QED) is 0.615. The Morgan fingerprint density at radius 3 is 2.40 bits per heavy atom. The van der Waals surface area contributed by atoms with E-state index in [1.165, 1.54) is 0 Å². The molecule has 35 heavy (non-hydrogen) atoms. The molecule has 2 aliphatic heterocycles. The van der Waals surface area contributed by atoms with E-state index < -0.39 is 11.8 Å². The number of nitrogens with one attached hydrogen (secondary N) is 1. The van der Waals surface area contributed by atoms with Crippen LogP contribution >= 0.6 is 0 Å². The zero-order chi connectivity index (χ0) is 24.8. The third-order valence-electron chi connectivity index (χ3n) is 6.78. The van der Waals surface area contributed by atoms with Gasteiger partial charge in [-0.05, 0) is 24.6 Å². The lowest BCUT2D eigenvalue weighted by atomic mass is 9.96. The molecule has 2 fully saturated rings. The highest BCUT2D eigenvalue weighted by atomic mass is 16.5. The van der Waals surface area contributed by atoms with Crippen molar-refractivity contribution < 1.29 is 23.9 Å². The van der Waals surface area contributed by atoms with Crippen molar-refractivity contribution in [2.45, 2.75) is 38.0 Å². The van der Waals surface area contributed by atoms with Crippen molar-refractivity contribution in [1.82, 2.24) is 15.1 Å². The SMILES string of the molecule is COCCNC(=O)C1COC2(CCN(C(=O)Cc3ccccc3)CC2)N1C(=O)c1ccc(C)cc1. The Hall–Kier alpha value is -3.23. The molecule has 2 heterocycles. The molecule has 1 spiro atoms. The fraction of sp³-hybridized carbons (Fsp3) is 0.444. The second-order valence-electron chi connectivity index (χ2n) is 9.14. The highest BCUT2D eigenvalue weighted by Crippen LogP contribution is 2.38. The normalized spacial score (nSPS) is 19.1. The summed E-state index contributed by atoms with van der Waals surface area (Å²) in [6.45, 7) is 3.74. The highest BCUT2D eigenvalue weighted by molar-refractivity contribution is 5.98. The Balaban J connectivity index is 1.51. The molecule has 3 amide bonds. The number of carbonyl (C=O) groups excluding carboxylic acids is 3. The van der Waals surface area contributed by atoms with Crippen molar-refractivity contribution in [3.63, 3.8) is 0 Å². The first kappa shape index (κ1) is 24.9. The van der Waals surface area contributed by atoms with Crippen LogP contribution in [0, 0.1) is 6.92 Å². The summed E-state index contributed by atoms with van der Waals surface area (Å²) in [7, 11) is 1.57. The lowest BCUT2D eigenvalue weighted by molar-refractivity contribution is -0.143. The molecule has 2 saturated heterocycles. The van der Waals surface area contributed by atoms with E-state index in [0.29, 0.717) is 51.1 Å². The maximum Gasteiger partial charge on any atom is 0.256 e. The van der Waals surface area contributed by atoms with E-state index in [1.807, 2.05) is 54.3 Å². The Morgan fingerprint density at radius 1 is 1.06 bits per heavy atom. The maximum atomic E-state index is 13.7. The summed E-state index contributed by atoms with van der Waals surface area (Å²) in [5, 5.41) is 2.84. The van der Waals surface area contributed by atoms with E-state index in [-0.39, 0.29) is 24.3 Å². The van der Waals surface area contributed by atoms with Gasteiger partial charge in [-0.15, -0.1) is 0 Å². The van der Waals surface area contributed by atoms with E-state index in [2.05, 4.69) is 5.32 Å². The summed E-state index contributed by atoms with van der Waals surface area (Å²) >= 11 is 0. The zero-order valence-electron chi connectivity index (χ0n) is 20.4. The predicted molar refractivity (Wildman–Crippen MR) is 131 cm³/mol. The zero-order valence-corrected chi connectivity index (χ0v) is 20.4. The molecule has 8 nitrogen and oxygen atoms in total. The van der Waals surface area contributed by atoms with Crippen LogP contribution in [0.3, 0.4) is 0 Å². The number of hydrogen-bond acceptors (Lipinski definition) is 5. The molecule has 2 aromatic carbocycles. The third-order valence-corrected chi connectivity index (χ3v) is 6.78. The fourth-order valence-electron chi connectivity index (χ4n) is 4.78. The molecule has 8 heteroatoms. The highest BCUT2D eigenvalue weighted by Gasteiger charge is 2.54. The van der Waals surface area contributed by atoms with Crippen LogP contribution in [-0.4, -0.2) is 79.2 Å². The molecule has 1 unspecified atom stereocenters. The molecule has 4 rings (SSSR count). The van der Waals surface area contributed by atoms with E-state index in [0.717, 1.165) is 11.1 Å². The predicted octanol–water partition coefficient (Wildman–Crippen LogP) is 2.16. The van der Waals surface area contributed by atoms with Crippen molar-refractivity contribution in [2.75, 3.05) is 40.0 Å². The minimum Gasteiger partial charge on any atom is -0.383 e. The number of carbonyl (C=O) groups is 3. The number of ether oxygens (including phenoxy) is 2. The molecular formula is C27H33N3O5. The minimum absolute atomic E-state index is 0.0503. The number of piperidine rings is 1. The second kappa shape index (κ2) is 11.0. The Labute approximate surface area is 206 Å². The Bertz CT molecular complexity index is 1030. The summed E-state index contributed by atoms with van der Waals surface area (Å²) in [6, 6.07) is 16.2. The topological polar surface area (TPSA) is 88.2 Å². The van der Waals surface area contributed by atoms with Crippen molar-refractivity contribution >= 4 is 17.7 Å². The van der Waals surface area contributed by atoms with Crippen LogP contribution in [0.25, 0.3) is 0 Å². The van der Waals surface area contributed by atoms with Crippen LogP contribution < -0.4 is 5.32 Å². The Kier molecular flexibility index (Phi) is 7.83. The molecule has 1 N–H and O–H groups in total. The summed E-state index contributed by atoms with van der Waals surface area (Å²) in [5.74, 6) is -0.449. The van der Waals surface area contributed by atoms with E-state index in [4.69, 9.17) is 9.47 Å². The summed E-state index contributed by atoms with van der Waals surface area (Å²) in [4.78, 5) is 43.0. The molecule has 2 aliphatic rings. The molecular weight excluding hydrogens is 446 g/mol. The number of rotatable bonds is 7. The van der Waals surface area contributed by atoms with Gasteiger partial charge < -0.3 is 19.7 Å². The summed E-state index contributed by atoms with van der Waals surface area (Å²) in [5.41, 5.74) is 1.61. The lowest BCUT2D eigenvalue weighted by Gasteiger charge is -2.44. The van der Waals surface area contributed by atoms with Crippen molar-refractivity contribution in [3.05, 3.63) is 71.3 Å². The monoisotopic (exact) mass is 479 g/mol. The van der Waals surface area contributed by atoms with Gasteiger partial charge in [0.25, 0.3) is 5.91 Å². The van der Waals surface area contributed by atoms with Crippen LogP contribution in [0.5, 0.6) is 0 Å². The van der Waals surface area contributed by atoms with Crippen LogP contribution in [0.2, 0.25) is 0 Å². The molecule has 0 saturated carbocycles. The molecule has 0 bridgehead atoms. The van der Waals surface area contributed by atoms with Gasteiger partial charge >= 0.3 is 0 Å². The van der Waals surface area contributed by atoms with Crippen LogP contribution in [0.15, 0.2) is 54.6 Å². The summed E-state index contributed by atoms with van der Waals surface area (Å²) in [6.07, 6.45) is 1.24. The second-order valence-corrected chi connectivity index (χ2v) is 9.14. The third kappa shape index (κ3) is 5.55. The number of aryl methyl sites for hydroxylation is 1. The van der Waals surface area contributed by atoms with E-state index in [9.17, 15) is 14.4 Å². The largest absolute Gasteiger partial charge is 0.383 e. The fourth-order valence-corrected chi connectivity index (χ4v) is 4.78. The number of nitrogens with zero attached hydrogens (tertiary/aromatic N) is 2. The van der Waals surface area contributed by atoms with E-state index in [1.54, 1.807) is 24.1 Å². The van der Waals surface area contributed by atoms with Gasteiger partial charge in [0, 0.05) is 45.1 Å². The standard InChI is InChI=1S/C27H33N3O5/c1-20-8-10-22(11-9-20)26(33)30-23(25(32)28-14-17-34-2)19-35-27(30)12-15-29(16-13-27)24(31)18-21-6-4-3-5-7-21/h3-11,23H,12-19H2,1-2H3,(H,28,32). The van der Waals surface area contributed by atoms with Crippen molar-refractivity contribution in [3.8, 4) is 0 Å². The van der Waals surface area contributed by atoms with Gasteiger partial charge in [-0.25, -0.2) is 0 Å². The lowest BCUT2D eigenvalue weighted by Crippen LogP contribution is -2.60. The number of methoxy groups -OCH3 is 1. The smallest absolute Gasteiger partial charge is 0.256 e. The number of likely N-dealkylation sites (tertiary alicyclic amines) is 1. The molecule has 0 radical (unpaired) electrons. The maximum absolute atomic E-state index is 13.7. The first-order valence-electron chi connectivity index (χ1n) is 12.1. The first-order chi connectivity index (χ1) is 16.9. The van der Waals surface area contributed by atoms with Gasteiger partial charge in [-0.2, -0.15) is 0 Å². The van der Waals surface area contributed by atoms with Gasteiger partial charge in [0.15, 0.2) is 0 Å². The van der Waals surface area contributed by atoms with Crippen molar-refractivity contribution in [1.29, 1.82) is 0 Å². The first-order valence-corrected chi connectivity index (χ1v) is 12.1. The van der Waals surface area contributed by atoms with Gasteiger partial charge in [0.05, 0.1) is 19.6 Å². The Morgan fingerprint density at radius 2 is 1.74 bits per heavy atom. The summed E-state index contributed by atoms with van der Waals surface area (Å²) < 4.78 is 11.3. The van der Waals surface area contributed by atoms with E-state index >= 15 is 0 Å². The molecule has 2 aromatic rings. The molecule has 0 aromatic heterocycles. The molecule has 0 aliphatic carbocycles. The average Bonchev–Trinajstić information content (AvgIpc) is 3.23. The van der Waals surface area contributed by atoms with Crippen LogP contribution in [0.1, 0.15) is 34.3 Å². The van der Waals surface area contributed by atoms with Gasteiger partial charge in [0.1, 0.15) is 11.8 Å². The molecule has 1 atom stereocenters. The number of amides is 3. The number of benzene rings is 2. The average molecular weight is 480 g/mol. The van der Waals surface area contributed by atoms with Crippen molar-refractivity contribution in [2.24, 2.45) is 0 Å². The van der Waals surface area contributed by atoms with Gasteiger partial charge in [0.2, 0.25) is 11.8 Å². The minimum atomic E-state index is -0.922.